The number of carboxylic acids is 1. The fourth-order valence-corrected chi connectivity index (χ4v) is 1.57. The van der Waals surface area contributed by atoms with E-state index in [4.69, 9.17) is 5.11 Å². The number of carbonyl (C=O) groups is 1. The van der Waals surface area contributed by atoms with Crippen molar-refractivity contribution in [3.05, 3.63) is 0 Å². The maximum atomic E-state index is 10.6. The zero-order valence-electron chi connectivity index (χ0n) is 7.79. The van der Waals surface area contributed by atoms with Crippen LogP contribution in [0.4, 0.5) is 0 Å². The standard InChI is InChI=1S/C9H17NO2/c1-7-3-5-10(6-4-7)8(2)9(11)12/h7-8H,3-6H2,1-2H3,(H,11,12)/t8-/m1/s1. The smallest absolute Gasteiger partial charge is 0.320 e. The second kappa shape index (κ2) is 3.90. The lowest BCUT2D eigenvalue weighted by atomic mass is 9.98. The fourth-order valence-electron chi connectivity index (χ4n) is 1.57. The molecule has 1 atom stereocenters. The molecule has 0 aromatic carbocycles. The minimum Gasteiger partial charge on any atom is -0.480 e. The van der Waals surface area contributed by atoms with Crippen LogP contribution in [0.25, 0.3) is 0 Å². The van der Waals surface area contributed by atoms with Crippen molar-refractivity contribution in [2.24, 2.45) is 5.92 Å². The van der Waals surface area contributed by atoms with Crippen LogP contribution in [0.2, 0.25) is 0 Å². The van der Waals surface area contributed by atoms with E-state index in [2.05, 4.69) is 6.92 Å². The first-order valence-corrected chi connectivity index (χ1v) is 4.58. The number of likely N-dealkylation sites (tertiary alicyclic amines) is 1. The van der Waals surface area contributed by atoms with E-state index < -0.39 is 5.97 Å². The van der Waals surface area contributed by atoms with Gasteiger partial charge in [0.15, 0.2) is 0 Å². The lowest BCUT2D eigenvalue weighted by molar-refractivity contribution is -0.143. The van der Waals surface area contributed by atoms with E-state index in [1.54, 1.807) is 6.92 Å². The summed E-state index contributed by atoms with van der Waals surface area (Å²) in [6.45, 7) is 5.87. The summed E-state index contributed by atoms with van der Waals surface area (Å²) in [6, 6.07) is -0.308. The second-order valence-corrected chi connectivity index (χ2v) is 3.73. The van der Waals surface area contributed by atoms with E-state index in [1.165, 1.54) is 0 Å². The molecule has 70 valence electrons. The third-order valence-electron chi connectivity index (χ3n) is 2.72. The predicted molar refractivity (Wildman–Crippen MR) is 47.1 cm³/mol. The Morgan fingerprint density at radius 2 is 2.00 bits per heavy atom. The van der Waals surface area contributed by atoms with Gasteiger partial charge in [-0.2, -0.15) is 0 Å². The number of hydrogen-bond acceptors (Lipinski definition) is 2. The highest BCUT2D eigenvalue weighted by molar-refractivity contribution is 5.72. The van der Waals surface area contributed by atoms with Gasteiger partial charge in [0.05, 0.1) is 0 Å². The number of hydrogen-bond donors (Lipinski definition) is 1. The lowest BCUT2D eigenvalue weighted by Gasteiger charge is -2.32. The van der Waals surface area contributed by atoms with Gasteiger partial charge in [0, 0.05) is 0 Å². The summed E-state index contributed by atoms with van der Waals surface area (Å²) in [7, 11) is 0. The molecule has 3 nitrogen and oxygen atoms in total. The maximum Gasteiger partial charge on any atom is 0.320 e. The number of nitrogens with zero attached hydrogens (tertiary/aromatic N) is 1. The molecule has 0 radical (unpaired) electrons. The zero-order valence-corrected chi connectivity index (χ0v) is 7.79. The van der Waals surface area contributed by atoms with Gasteiger partial charge >= 0.3 is 5.97 Å². The van der Waals surface area contributed by atoms with Crippen LogP contribution in [-0.4, -0.2) is 35.1 Å². The van der Waals surface area contributed by atoms with Crippen LogP contribution in [0.1, 0.15) is 26.7 Å². The van der Waals surface area contributed by atoms with Crippen LogP contribution < -0.4 is 0 Å². The molecule has 0 unspecified atom stereocenters. The molecule has 3 heteroatoms. The molecule has 1 aliphatic rings. The molecule has 1 N–H and O–H groups in total. The van der Waals surface area contributed by atoms with Crippen LogP contribution in [0.5, 0.6) is 0 Å². The molecule has 0 aromatic rings. The summed E-state index contributed by atoms with van der Waals surface area (Å²) in [5, 5.41) is 8.76. The summed E-state index contributed by atoms with van der Waals surface area (Å²) in [4.78, 5) is 12.7. The number of aliphatic carboxylic acids is 1. The Hall–Kier alpha value is -0.570. The minimum absolute atomic E-state index is 0.308. The van der Waals surface area contributed by atoms with Gasteiger partial charge < -0.3 is 5.11 Å². The second-order valence-electron chi connectivity index (χ2n) is 3.73. The number of carboxylic acid groups (broad SMARTS) is 1. The van der Waals surface area contributed by atoms with Crippen molar-refractivity contribution in [1.29, 1.82) is 0 Å². The van der Waals surface area contributed by atoms with E-state index in [1.807, 2.05) is 4.90 Å². The molecular formula is C9H17NO2. The van der Waals surface area contributed by atoms with E-state index in [0.717, 1.165) is 31.8 Å². The quantitative estimate of drug-likeness (QED) is 0.678. The van der Waals surface area contributed by atoms with Gasteiger partial charge in [-0.1, -0.05) is 6.92 Å². The van der Waals surface area contributed by atoms with E-state index >= 15 is 0 Å². The Morgan fingerprint density at radius 1 is 1.50 bits per heavy atom. The molecular weight excluding hydrogens is 154 g/mol. The van der Waals surface area contributed by atoms with Gasteiger partial charge in [0.25, 0.3) is 0 Å². The average molecular weight is 171 g/mol. The van der Waals surface area contributed by atoms with Crippen LogP contribution in [0.3, 0.4) is 0 Å². The van der Waals surface area contributed by atoms with Crippen molar-refractivity contribution in [3.63, 3.8) is 0 Å². The summed E-state index contributed by atoms with van der Waals surface area (Å²) >= 11 is 0. The van der Waals surface area contributed by atoms with Gasteiger partial charge in [0.2, 0.25) is 0 Å². The Balaban J connectivity index is 2.39. The lowest BCUT2D eigenvalue weighted by Crippen LogP contribution is -2.43. The predicted octanol–water partition coefficient (Wildman–Crippen LogP) is 1.19. The van der Waals surface area contributed by atoms with Gasteiger partial charge in [0.1, 0.15) is 6.04 Å². The van der Waals surface area contributed by atoms with Crippen molar-refractivity contribution in [3.8, 4) is 0 Å². The molecule has 1 fully saturated rings. The highest BCUT2D eigenvalue weighted by Crippen LogP contribution is 2.17. The Labute approximate surface area is 73.4 Å². The van der Waals surface area contributed by atoms with E-state index in [9.17, 15) is 4.79 Å². The number of rotatable bonds is 2. The average Bonchev–Trinajstić information content (AvgIpc) is 2.04. The molecule has 0 saturated carbocycles. The topological polar surface area (TPSA) is 40.5 Å². The third-order valence-corrected chi connectivity index (χ3v) is 2.72. The first kappa shape index (κ1) is 9.52. The minimum atomic E-state index is -0.704. The van der Waals surface area contributed by atoms with Crippen LogP contribution in [0, 0.1) is 5.92 Å². The first-order chi connectivity index (χ1) is 5.61. The SMILES string of the molecule is CC1CCN([C@H](C)C(=O)O)CC1. The van der Waals surface area contributed by atoms with Crippen LogP contribution in [-0.2, 0) is 4.79 Å². The highest BCUT2D eigenvalue weighted by Gasteiger charge is 2.24. The van der Waals surface area contributed by atoms with Crippen molar-refractivity contribution < 1.29 is 9.90 Å². The summed E-state index contributed by atoms with van der Waals surface area (Å²) in [6.07, 6.45) is 2.27. The highest BCUT2D eigenvalue weighted by atomic mass is 16.4. The Kier molecular flexibility index (Phi) is 3.09. The molecule has 0 aromatic heterocycles. The molecule has 1 saturated heterocycles. The molecule has 1 heterocycles. The largest absolute Gasteiger partial charge is 0.480 e. The summed E-state index contributed by atoms with van der Waals surface area (Å²) in [5.41, 5.74) is 0. The van der Waals surface area contributed by atoms with Gasteiger partial charge in [-0.15, -0.1) is 0 Å². The summed E-state index contributed by atoms with van der Waals surface area (Å²) < 4.78 is 0. The van der Waals surface area contributed by atoms with Crippen LogP contribution in [0.15, 0.2) is 0 Å². The van der Waals surface area contributed by atoms with E-state index in [-0.39, 0.29) is 6.04 Å². The molecule has 1 aliphatic heterocycles. The molecule has 1 rings (SSSR count). The van der Waals surface area contributed by atoms with Crippen molar-refractivity contribution >= 4 is 5.97 Å². The zero-order chi connectivity index (χ0) is 9.14. The molecule has 0 aliphatic carbocycles. The molecule has 12 heavy (non-hydrogen) atoms. The first-order valence-electron chi connectivity index (χ1n) is 4.58. The Bertz CT molecular complexity index is 162. The monoisotopic (exact) mass is 171 g/mol. The third kappa shape index (κ3) is 2.21. The van der Waals surface area contributed by atoms with Crippen molar-refractivity contribution in [2.45, 2.75) is 32.7 Å². The van der Waals surface area contributed by atoms with Crippen molar-refractivity contribution in [2.75, 3.05) is 13.1 Å². The Morgan fingerprint density at radius 3 is 2.42 bits per heavy atom. The summed E-state index contributed by atoms with van der Waals surface area (Å²) in [5.74, 6) is 0.0618. The van der Waals surface area contributed by atoms with Gasteiger partial charge in [-0.3, -0.25) is 9.69 Å². The normalized spacial score (nSPS) is 23.8. The van der Waals surface area contributed by atoms with Crippen molar-refractivity contribution in [1.82, 2.24) is 4.90 Å². The van der Waals surface area contributed by atoms with E-state index in [0.29, 0.717) is 0 Å². The molecule has 0 bridgehead atoms. The maximum absolute atomic E-state index is 10.6. The number of piperidine rings is 1. The van der Waals surface area contributed by atoms with Crippen LogP contribution >= 0.6 is 0 Å². The molecule has 0 amide bonds. The fraction of sp³-hybridized carbons (Fsp3) is 0.889. The molecule has 0 spiro atoms. The van der Waals surface area contributed by atoms with Gasteiger partial charge in [-0.25, -0.2) is 0 Å². The van der Waals surface area contributed by atoms with Gasteiger partial charge in [-0.05, 0) is 38.8 Å².